The summed E-state index contributed by atoms with van der Waals surface area (Å²) in [6, 6.07) is 15.6. The predicted octanol–water partition coefficient (Wildman–Crippen LogP) is 3.36. The predicted molar refractivity (Wildman–Crippen MR) is 92.3 cm³/mol. The molecule has 2 unspecified atom stereocenters. The van der Waals surface area contributed by atoms with Crippen LogP contribution < -0.4 is 14.8 Å². The minimum Gasteiger partial charge on any atom is -0.497 e. The summed E-state index contributed by atoms with van der Waals surface area (Å²) < 4.78 is 10.4. The Morgan fingerprint density at radius 2 is 1.50 bits per heavy atom. The number of rotatable bonds is 5. The normalized spacial score (nSPS) is 20.0. The number of nitrogens with one attached hydrogen (secondary N) is 1. The molecular weight excluding hydrogens is 304 g/mol. The van der Waals surface area contributed by atoms with Crippen LogP contribution in [0.15, 0.2) is 48.5 Å². The zero-order chi connectivity index (χ0) is 17.1. The zero-order valence-electron chi connectivity index (χ0n) is 14.2. The molecule has 0 aliphatic carbocycles. The smallest absolute Gasteiger partial charge is 0.318 e. The SMILES string of the molecule is COc1ccc(CN2C(=O)NC(c3ccc(OC)cc3)C2C)cc1. The Bertz CT molecular complexity index is 698. The van der Waals surface area contributed by atoms with Gasteiger partial charge in [-0.25, -0.2) is 4.79 Å². The van der Waals surface area contributed by atoms with Crippen LogP contribution in [0.25, 0.3) is 0 Å². The summed E-state index contributed by atoms with van der Waals surface area (Å²) in [4.78, 5) is 14.2. The summed E-state index contributed by atoms with van der Waals surface area (Å²) in [6.07, 6.45) is 0. The number of urea groups is 1. The lowest BCUT2D eigenvalue weighted by Crippen LogP contribution is -2.31. The quantitative estimate of drug-likeness (QED) is 0.916. The van der Waals surface area contributed by atoms with E-state index in [1.807, 2.05) is 53.4 Å². The Labute approximate surface area is 142 Å². The van der Waals surface area contributed by atoms with E-state index >= 15 is 0 Å². The molecule has 0 spiro atoms. The van der Waals surface area contributed by atoms with Crippen molar-refractivity contribution < 1.29 is 14.3 Å². The number of benzene rings is 2. The van der Waals surface area contributed by atoms with Crippen molar-refractivity contribution in [3.05, 3.63) is 59.7 Å². The zero-order valence-corrected chi connectivity index (χ0v) is 14.2. The van der Waals surface area contributed by atoms with Crippen molar-refractivity contribution in [2.45, 2.75) is 25.6 Å². The highest BCUT2D eigenvalue weighted by Crippen LogP contribution is 2.29. The molecule has 1 aliphatic rings. The Morgan fingerprint density at radius 1 is 0.958 bits per heavy atom. The second-order valence-corrected chi connectivity index (χ2v) is 5.92. The fourth-order valence-corrected chi connectivity index (χ4v) is 3.02. The molecule has 0 saturated carbocycles. The van der Waals surface area contributed by atoms with Crippen LogP contribution in [0.4, 0.5) is 4.79 Å². The maximum Gasteiger partial charge on any atom is 0.318 e. The summed E-state index contributed by atoms with van der Waals surface area (Å²) in [7, 11) is 3.29. The van der Waals surface area contributed by atoms with E-state index in [0.29, 0.717) is 6.54 Å². The van der Waals surface area contributed by atoms with Gasteiger partial charge in [-0.05, 0) is 42.3 Å². The first kappa shape index (κ1) is 16.2. The van der Waals surface area contributed by atoms with E-state index in [4.69, 9.17) is 9.47 Å². The highest BCUT2D eigenvalue weighted by atomic mass is 16.5. The third kappa shape index (κ3) is 3.15. The second kappa shape index (κ2) is 6.83. The van der Waals surface area contributed by atoms with Gasteiger partial charge in [-0.1, -0.05) is 24.3 Å². The number of methoxy groups -OCH3 is 2. The van der Waals surface area contributed by atoms with Crippen molar-refractivity contribution in [2.24, 2.45) is 0 Å². The molecule has 5 heteroatoms. The molecule has 2 aromatic rings. The lowest BCUT2D eigenvalue weighted by atomic mass is 10.0. The van der Waals surface area contributed by atoms with Crippen LogP contribution in [-0.4, -0.2) is 31.2 Å². The van der Waals surface area contributed by atoms with Gasteiger partial charge in [0.15, 0.2) is 0 Å². The van der Waals surface area contributed by atoms with Gasteiger partial charge in [0.2, 0.25) is 0 Å². The minimum atomic E-state index is -0.0425. The van der Waals surface area contributed by atoms with E-state index in [1.54, 1.807) is 14.2 Å². The maximum atomic E-state index is 12.4. The number of carbonyl (C=O) groups excluding carboxylic acids is 1. The molecule has 3 rings (SSSR count). The van der Waals surface area contributed by atoms with E-state index in [9.17, 15) is 4.79 Å². The molecule has 2 amide bonds. The summed E-state index contributed by atoms with van der Waals surface area (Å²) in [5.74, 6) is 1.62. The van der Waals surface area contributed by atoms with Gasteiger partial charge >= 0.3 is 6.03 Å². The van der Waals surface area contributed by atoms with E-state index in [2.05, 4.69) is 12.2 Å². The number of nitrogens with zero attached hydrogens (tertiary/aromatic N) is 1. The van der Waals surface area contributed by atoms with Crippen molar-refractivity contribution in [1.82, 2.24) is 10.2 Å². The molecule has 126 valence electrons. The second-order valence-electron chi connectivity index (χ2n) is 5.92. The first-order valence-corrected chi connectivity index (χ1v) is 7.96. The van der Waals surface area contributed by atoms with Gasteiger partial charge in [-0.3, -0.25) is 0 Å². The first-order chi connectivity index (χ1) is 11.6. The molecule has 0 aromatic heterocycles. The summed E-state index contributed by atoms with van der Waals surface area (Å²) in [6.45, 7) is 2.64. The van der Waals surface area contributed by atoms with Gasteiger partial charge < -0.3 is 19.7 Å². The van der Waals surface area contributed by atoms with Crippen molar-refractivity contribution in [1.29, 1.82) is 0 Å². The third-order valence-corrected chi connectivity index (χ3v) is 4.50. The van der Waals surface area contributed by atoms with Crippen molar-refractivity contribution in [2.75, 3.05) is 14.2 Å². The van der Waals surface area contributed by atoms with Crippen molar-refractivity contribution >= 4 is 6.03 Å². The van der Waals surface area contributed by atoms with Crippen molar-refractivity contribution in [3.8, 4) is 11.5 Å². The van der Waals surface area contributed by atoms with Crippen LogP contribution in [0, 0.1) is 0 Å². The van der Waals surface area contributed by atoms with Crippen LogP contribution in [0.1, 0.15) is 24.1 Å². The molecule has 1 fully saturated rings. The average molecular weight is 326 g/mol. The molecule has 1 N–H and O–H groups in total. The maximum absolute atomic E-state index is 12.4. The fraction of sp³-hybridized carbons (Fsp3) is 0.316. The van der Waals surface area contributed by atoms with E-state index in [1.165, 1.54) is 0 Å². The number of hydrogen-bond acceptors (Lipinski definition) is 3. The lowest BCUT2D eigenvalue weighted by Gasteiger charge is -2.23. The first-order valence-electron chi connectivity index (χ1n) is 7.96. The Hall–Kier alpha value is -2.69. The van der Waals surface area contributed by atoms with Gasteiger partial charge in [0.1, 0.15) is 11.5 Å². The number of amides is 2. The molecule has 1 heterocycles. The number of carbonyl (C=O) groups is 1. The molecule has 5 nitrogen and oxygen atoms in total. The van der Waals surface area contributed by atoms with Crippen LogP contribution in [-0.2, 0) is 6.54 Å². The van der Waals surface area contributed by atoms with E-state index in [0.717, 1.165) is 22.6 Å². The third-order valence-electron chi connectivity index (χ3n) is 4.50. The molecule has 2 aromatic carbocycles. The Morgan fingerprint density at radius 3 is 2.04 bits per heavy atom. The molecule has 1 saturated heterocycles. The minimum absolute atomic E-state index is 0.0262. The molecule has 0 radical (unpaired) electrons. The van der Waals surface area contributed by atoms with Crippen LogP contribution in [0.2, 0.25) is 0 Å². The Kier molecular flexibility index (Phi) is 4.60. The van der Waals surface area contributed by atoms with E-state index < -0.39 is 0 Å². The Balaban J connectivity index is 1.73. The van der Waals surface area contributed by atoms with Gasteiger partial charge in [-0.2, -0.15) is 0 Å². The highest BCUT2D eigenvalue weighted by molar-refractivity contribution is 5.78. The largest absolute Gasteiger partial charge is 0.497 e. The summed E-state index contributed by atoms with van der Waals surface area (Å²) >= 11 is 0. The lowest BCUT2D eigenvalue weighted by molar-refractivity contribution is 0.202. The van der Waals surface area contributed by atoms with Crippen LogP contribution >= 0.6 is 0 Å². The molecule has 2 atom stereocenters. The molecular formula is C19H22N2O3. The molecule has 1 aliphatic heterocycles. The van der Waals surface area contributed by atoms with Crippen LogP contribution in [0.5, 0.6) is 11.5 Å². The summed E-state index contributed by atoms with van der Waals surface area (Å²) in [5.41, 5.74) is 2.15. The molecule has 24 heavy (non-hydrogen) atoms. The summed E-state index contributed by atoms with van der Waals surface area (Å²) in [5, 5.41) is 3.07. The number of ether oxygens (including phenoxy) is 2. The number of hydrogen-bond donors (Lipinski definition) is 1. The fourth-order valence-electron chi connectivity index (χ4n) is 3.02. The highest BCUT2D eigenvalue weighted by Gasteiger charge is 2.36. The molecule has 0 bridgehead atoms. The monoisotopic (exact) mass is 326 g/mol. The van der Waals surface area contributed by atoms with Gasteiger partial charge in [0, 0.05) is 6.54 Å². The van der Waals surface area contributed by atoms with Crippen molar-refractivity contribution in [3.63, 3.8) is 0 Å². The van der Waals surface area contributed by atoms with Gasteiger partial charge in [0.25, 0.3) is 0 Å². The topological polar surface area (TPSA) is 50.8 Å². The average Bonchev–Trinajstić information content (AvgIpc) is 2.90. The van der Waals surface area contributed by atoms with Crippen LogP contribution in [0.3, 0.4) is 0 Å². The van der Waals surface area contributed by atoms with E-state index in [-0.39, 0.29) is 18.1 Å². The van der Waals surface area contributed by atoms with Gasteiger partial charge in [-0.15, -0.1) is 0 Å². The standard InChI is InChI=1S/C19H22N2O3/c1-13-18(15-6-10-17(24-3)11-7-15)20-19(22)21(13)12-14-4-8-16(23-2)9-5-14/h4-11,13,18H,12H2,1-3H3,(H,20,22). The van der Waals surface area contributed by atoms with Gasteiger partial charge in [0.05, 0.1) is 26.3 Å².